The number of Topliss-reactive ketones (excluding diaryl/α,β-unsaturated/α-hetero) is 1. The van der Waals surface area contributed by atoms with Gasteiger partial charge in [0.1, 0.15) is 0 Å². The minimum absolute atomic E-state index is 0.117. The molecular formula is C22H28N2O4S. The van der Waals surface area contributed by atoms with Crippen molar-refractivity contribution in [3.63, 3.8) is 0 Å². The summed E-state index contributed by atoms with van der Waals surface area (Å²) in [7, 11) is -2.17. The lowest BCUT2D eigenvalue weighted by Crippen LogP contribution is -2.28. The lowest BCUT2D eigenvalue weighted by Gasteiger charge is -2.17. The van der Waals surface area contributed by atoms with E-state index in [9.17, 15) is 18.0 Å². The van der Waals surface area contributed by atoms with Crippen LogP contribution in [-0.4, -0.2) is 38.0 Å². The van der Waals surface area contributed by atoms with E-state index in [0.717, 1.165) is 18.5 Å². The number of hydrogen-bond acceptors (Lipinski definition) is 4. The van der Waals surface area contributed by atoms with Crippen LogP contribution in [0.2, 0.25) is 0 Å². The largest absolute Gasteiger partial charge is 0.326 e. The summed E-state index contributed by atoms with van der Waals surface area (Å²) in [5.41, 5.74) is 2.43. The molecule has 0 aliphatic rings. The quantitative estimate of drug-likeness (QED) is 0.596. The Bertz CT molecular complexity index is 936. The van der Waals surface area contributed by atoms with Gasteiger partial charge in [0, 0.05) is 31.3 Å². The number of aryl methyl sites for hydroxylation is 1. The van der Waals surface area contributed by atoms with Crippen LogP contribution < -0.4 is 5.32 Å². The van der Waals surface area contributed by atoms with Gasteiger partial charge in [-0.2, -0.15) is 0 Å². The van der Waals surface area contributed by atoms with E-state index in [2.05, 4.69) is 12.2 Å². The number of nitrogens with one attached hydrogen (secondary N) is 1. The normalized spacial score (nSPS) is 11.4. The van der Waals surface area contributed by atoms with Gasteiger partial charge < -0.3 is 5.32 Å². The fraction of sp³-hybridized carbons (Fsp3) is 0.364. The molecule has 0 aliphatic heterocycles. The Labute approximate surface area is 173 Å². The molecule has 6 nitrogen and oxygen atoms in total. The van der Waals surface area contributed by atoms with Crippen molar-refractivity contribution in [3.8, 4) is 0 Å². The number of amides is 1. The Hall–Kier alpha value is -2.51. The molecule has 0 aliphatic carbocycles. The molecule has 1 amide bonds. The number of rotatable bonds is 10. The lowest BCUT2D eigenvalue weighted by atomic mass is 10.1. The van der Waals surface area contributed by atoms with Gasteiger partial charge in [0.15, 0.2) is 5.78 Å². The van der Waals surface area contributed by atoms with Crippen molar-refractivity contribution >= 4 is 27.4 Å². The second-order valence-corrected chi connectivity index (χ2v) is 9.05. The maximum absolute atomic E-state index is 12.6. The number of anilines is 1. The van der Waals surface area contributed by atoms with E-state index in [4.69, 9.17) is 0 Å². The highest BCUT2D eigenvalue weighted by Crippen LogP contribution is 2.16. The van der Waals surface area contributed by atoms with Crippen LogP contribution in [0.5, 0.6) is 0 Å². The fourth-order valence-electron chi connectivity index (χ4n) is 2.89. The molecule has 2 aromatic carbocycles. The zero-order valence-corrected chi connectivity index (χ0v) is 18.0. The third kappa shape index (κ3) is 6.51. The zero-order chi connectivity index (χ0) is 21.4. The second-order valence-electron chi connectivity index (χ2n) is 7.01. The minimum atomic E-state index is -3.66. The van der Waals surface area contributed by atoms with E-state index >= 15 is 0 Å². The van der Waals surface area contributed by atoms with Gasteiger partial charge in [-0.1, -0.05) is 37.6 Å². The SMILES string of the molecule is CCCc1ccc(NC(=O)CCCN(C)S(=O)(=O)c2ccc(C(C)=O)cc2)cc1. The summed E-state index contributed by atoms with van der Waals surface area (Å²) < 4.78 is 26.4. The number of ketones is 1. The highest BCUT2D eigenvalue weighted by molar-refractivity contribution is 7.89. The van der Waals surface area contributed by atoms with Crippen LogP contribution in [0.15, 0.2) is 53.4 Å². The molecule has 0 spiro atoms. The number of sulfonamides is 1. The topological polar surface area (TPSA) is 83.6 Å². The summed E-state index contributed by atoms with van der Waals surface area (Å²) in [6, 6.07) is 13.6. The van der Waals surface area contributed by atoms with Crippen molar-refractivity contribution in [2.45, 2.75) is 44.4 Å². The van der Waals surface area contributed by atoms with E-state index in [1.54, 1.807) is 0 Å². The maximum Gasteiger partial charge on any atom is 0.242 e. The highest BCUT2D eigenvalue weighted by atomic mass is 32.2. The molecule has 0 unspecified atom stereocenters. The lowest BCUT2D eigenvalue weighted by molar-refractivity contribution is -0.116. The van der Waals surface area contributed by atoms with Crippen LogP contribution in [0.25, 0.3) is 0 Å². The van der Waals surface area contributed by atoms with E-state index in [1.165, 1.54) is 48.1 Å². The molecule has 0 atom stereocenters. The average molecular weight is 417 g/mol. The van der Waals surface area contributed by atoms with Crippen molar-refractivity contribution < 1.29 is 18.0 Å². The van der Waals surface area contributed by atoms with Crippen LogP contribution in [0, 0.1) is 0 Å². The molecular weight excluding hydrogens is 388 g/mol. The van der Waals surface area contributed by atoms with Gasteiger partial charge in [-0.25, -0.2) is 12.7 Å². The van der Waals surface area contributed by atoms with Gasteiger partial charge in [0.2, 0.25) is 15.9 Å². The molecule has 0 heterocycles. The molecule has 0 radical (unpaired) electrons. The third-order valence-corrected chi connectivity index (χ3v) is 6.49. The second kappa shape index (κ2) is 10.3. The van der Waals surface area contributed by atoms with Crippen LogP contribution >= 0.6 is 0 Å². The summed E-state index contributed by atoms with van der Waals surface area (Å²) in [6.45, 7) is 3.77. The predicted octanol–water partition coefficient (Wildman–Crippen LogP) is 3.88. The number of carbonyl (C=O) groups excluding carboxylic acids is 2. The van der Waals surface area contributed by atoms with Gasteiger partial charge in [0.05, 0.1) is 4.90 Å². The molecule has 1 N–H and O–H groups in total. The molecule has 156 valence electrons. The first kappa shape index (κ1) is 22.8. The molecule has 0 bridgehead atoms. The predicted molar refractivity (Wildman–Crippen MR) is 115 cm³/mol. The van der Waals surface area contributed by atoms with Crippen molar-refractivity contribution in [3.05, 3.63) is 59.7 Å². The zero-order valence-electron chi connectivity index (χ0n) is 17.1. The van der Waals surface area contributed by atoms with Crippen molar-refractivity contribution in [1.82, 2.24) is 4.31 Å². The van der Waals surface area contributed by atoms with Crippen molar-refractivity contribution in [2.75, 3.05) is 18.9 Å². The minimum Gasteiger partial charge on any atom is -0.326 e. The van der Waals surface area contributed by atoms with Gasteiger partial charge in [-0.15, -0.1) is 0 Å². The van der Waals surface area contributed by atoms with Crippen LogP contribution in [-0.2, 0) is 21.2 Å². The molecule has 0 saturated carbocycles. The van der Waals surface area contributed by atoms with Gasteiger partial charge >= 0.3 is 0 Å². The summed E-state index contributed by atoms with van der Waals surface area (Å²) in [4.78, 5) is 23.6. The highest BCUT2D eigenvalue weighted by Gasteiger charge is 2.20. The molecule has 7 heteroatoms. The van der Waals surface area contributed by atoms with Crippen LogP contribution in [0.3, 0.4) is 0 Å². The molecule has 0 fully saturated rings. The number of carbonyl (C=O) groups is 2. The Morgan fingerprint density at radius 2 is 1.62 bits per heavy atom. The summed E-state index contributed by atoms with van der Waals surface area (Å²) in [5, 5.41) is 2.83. The molecule has 0 aromatic heterocycles. The summed E-state index contributed by atoms with van der Waals surface area (Å²) in [5.74, 6) is -0.266. The van der Waals surface area contributed by atoms with E-state index in [0.29, 0.717) is 12.0 Å². The standard InChI is InChI=1S/C22H28N2O4S/c1-4-6-18-8-12-20(13-9-18)23-22(26)7-5-16-24(3)29(27,28)21-14-10-19(11-15-21)17(2)25/h8-15H,4-7,16H2,1-3H3,(H,23,26). The first-order valence-corrected chi connectivity index (χ1v) is 11.1. The van der Waals surface area contributed by atoms with Crippen LogP contribution in [0.4, 0.5) is 5.69 Å². The Morgan fingerprint density at radius 1 is 1.00 bits per heavy atom. The Kier molecular flexibility index (Phi) is 8.10. The number of benzene rings is 2. The van der Waals surface area contributed by atoms with E-state index in [1.807, 2.05) is 24.3 Å². The van der Waals surface area contributed by atoms with E-state index in [-0.39, 0.29) is 29.6 Å². The number of nitrogens with zero attached hydrogens (tertiary/aromatic N) is 1. The smallest absolute Gasteiger partial charge is 0.242 e. The summed E-state index contributed by atoms with van der Waals surface area (Å²) in [6.07, 6.45) is 2.70. The Balaban J connectivity index is 1.85. The van der Waals surface area contributed by atoms with Gasteiger partial charge in [-0.3, -0.25) is 9.59 Å². The first-order chi connectivity index (χ1) is 13.7. The fourth-order valence-corrected chi connectivity index (χ4v) is 4.10. The molecule has 2 aromatic rings. The van der Waals surface area contributed by atoms with Crippen LogP contribution in [0.1, 0.15) is 49.0 Å². The first-order valence-electron chi connectivity index (χ1n) is 9.70. The monoisotopic (exact) mass is 416 g/mol. The molecule has 29 heavy (non-hydrogen) atoms. The van der Waals surface area contributed by atoms with Crippen molar-refractivity contribution in [1.29, 1.82) is 0 Å². The number of hydrogen-bond donors (Lipinski definition) is 1. The maximum atomic E-state index is 12.6. The average Bonchev–Trinajstić information content (AvgIpc) is 2.69. The Morgan fingerprint density at radius 3 is 2.17 bits per heavy atom. The van der Waals surface area contributed by atoms with E-state index < -0.39 is 10.0 Å². The third-order valence-electron chi connectivity index (χ3n) is 4.62. The van der Waals surface area contributed by atoms with Gasteiger partial charge in [0.25, 0.3) is 0 Å². The molecule has 2 rings (SSSR count). The van der Waals surface area contributed by atoms with Gasteiger partial charge in [-0.05, 0) is 49.6 Å². The molecule has 0 saturated heterocycles. The van der Waals surface area contributed by atoms with Crippen molar-refractivity contribution in [2.24, 2.45) is 0 Å². The summed E-state index contributed by atoms with van der Waals surface area (Å²) >= 11 is 0.